The first kappa shape index (κ1) is 12.6. The molecular formula is C13H16FN3O. The van der Waals surface area contributed by atoms with Gasteiger partial charge in [-0.25, -0.2) is 4.39 Å². The zero-order valence-corrected chi connectivity index (χ0v) is 10.4. The van der Waals surface area contributed by atoms with Crippen molar-refractivity contribution in [3.8, 4) is 0 Å². The number of fused-ring (bicyclic) bond motifs is 1. The monoisotopic (exact) mass is 249 g/mol. The normalized spacial score (nSPS) is 12.7. The number of aryl methyl sites for hydroxylation is 1. The van der Waals surface area contributed by atoms with Crippen LogP contribution in [-0.4, -0.2) is 23.5 Å². The van der Waals surface area contributed by atoms with E-state index in [-0.39, 0.29) is 17.8 Å². The van der Waals surface area contributed by atoms with E-state index in [0.717, 1.165) is 11.2 Å². The number of benzene rings is 1. The van der Waals surface area contributed by atoms with Crippen LogP contribution in [-0.2, 0) is 0 Å². The minimum absolute atomic E-state index is 0.115. The van der Waals surface area contributed by atoms with Crippen molar-refractivity contribution in [1.82, 2.24) is 10.3 Å². The largest absolute Gasteiger partial charge is 0.358 e. The van der Waals surface area contributed by atoms with Gasteiger partial charge in [0.1, 0.15) is 5.82 Å². The maximum Gasteiger partial charge on any atom is 0.253 e. The molecule has 96 valence electrons. The van der Waals surface area contributed by atoms with Gasteiger partial charge in [0, 0.05) is 29.2 Å². The Labute approximate surface area is 104 Å². The average molecular weight is 249 g/mol. The number of halogens is 1. The third-order valence-electron chi connectivity index (χ3n) is 2.76. The molecule has 0 spiro atoms. The number of nitrogens with two attached hydrogens (primary N) is 1. The van der Waals surface area contributed by atoms with E-state index in [0.29, 0.717) is 17.5 Å². The molecule has 1 unspecified atom stereocenters. The number of carbonyl (C=O) groups is 1. The fraction of sp³-hybridized carbons (Fsp3) is 0.308. The molecule has 0 fully saturated rings. The Kier molecular flexibility index (Phi) is 3.34. The van der Waals surface area contributed by atoms with Crippen LogP contribution in [0.3, 0.4) is 0 Å². The number of hydrogen-bond donors (Lipinski definition) is 3. The van der Waals surface area contributed by atoms with Gasteiger partial charge in [0.25, 0.3) is 5.91 Å². The molecule has 4 nitrogen and oxygen atoms in total. The molecule has 1 aromatic heterocycles. The summed E-state index contributed by atoms with van der Waals surface area (Å²) >= 11 is 0. The highest BCUT2D eigenvalue weighted by molar-refractivity contribution is 6.08. The molecule has 1 atom stereocenters. The average Bonchev–Trinajstić information content (AvgIpc) is 2.61. The Morgan fingerprint density at radius 2 is 2.28 bits per heavy atom. The molecule has 0 aliphatic carbocycles. The summed E-state index contributed by atoms with van der Waals surface area (Å²) < 4.78 is 13.2. The zero-order valence-electron chi connectivity index (χ0n) is 10.4. The first-order chi connectivity index (χ1) is 8.49. The van der Waals surface area contributed by atoms with Gasteiger partial charge in [-0.15, -0.1) is 0 Å². The lowest BCUT2D eigenvalue weighted by molar-refractivity contribution is 0.0953. The molecule has 0 saturated heterocycles. The smallest absolute Gasteiger partial charge is 0.253 e. The van der Waals surface area contributed by atoms with E-state index in [1.807, 2.05) is 6.92 Å². The Hall–Kier alpha value is -1.88. The van der Waals surface area contributed by atoms with Crippen molar-refractivity contribution >= 4 is 16.8 Å². The number of hydrogen-bond acceptors (Lipinski definition) is 2. The number of aromatic amines is 1. The van der Waals surface area contributed by atoms with Crippen molar-refractivity contribution in [2.75, 3.05) is 6.54 Å². The van der Waals surface area contributed by atoms with E-state index in [9.17, 15) is 9.18 Å². The molecular weight excluding hydrogens is 233 g/mol. The topological polar surface area (TPSA) is 70.9 Å². The van der Waals surface area contributed by atoms with Crippen molar-refractivity contribution in [1.29, 1.82) is 0 Å². The third kappa shape index (κ3) is 2.36. The fourth-order valence-corrected chi connectivity index (χ4v) is 1.93. The van der Waals surface area contributed by atoms with Gasteiger partial charge in [0.2, 0.25) is 0 Å². The van der Waals surface area contributed by atoms with Crippen LogP contribution in [0, 0.1) is 12.7 Å². The lowest BCUT2D eigenvalue weighted by Crippen LogP contribution is -2.35. The van der Waals surface area contributed by atoms with Gasteiger partial charge >= 0.3 is 0 Å². The van der Waals surface area contributed by atoms with Gasteiger partial charge in [0.15, 0.2) is 0 Å². The van der Waals surface area contributed by atoms with Crippen LogP contribution in [0.1, 0.15) is 23.0 Å². The molecule has 2 aromatic rings. The van der Waals surface area contributed by atoms with E-state index >= 15 is 0 Å². The summed E-state index contributed by atoms with van der Waals surface area (Å²) in [5.41, 5.74) is 7.53. The van der Waals surface area contributed by atoms with E-state index < -0.39 is 0 Å². The van der Waals surface area contributed by atoms with Crippen molar-refractivity contribution in [2.45, 2.75) is 19.9 Å². The molecule has 0 bridgehead atoms. The maximum absolute atomic E-state index is 13.2. The third-order valence-corrected chi connectivity index (χ3v) is 2.76. The summed E-state index contributed by atoms with van der Waals surface area (Å²) in [4.78, 5) is 15.1. The first-order valence-electron chi connectivity index (χ1n) is 5.80. The highest BCUT2D eigenvalue weighted by Gasteiger charge is 2.16. The molecule has 1 heterocycles. The minimum Gasteiger partial charge on any atom is -0.358 e. The second-order valence-electron chi connectivity index (χ2n) is 4.50. The van der Waals surface area contributed by atoms with Gasteiger partial charge < -0.3 is 16.0 Å². The van der Waals surface area contributed by atoms with Crippen molar-refractivity contribution in [3.05, 3.63) is 35.3 Å². The van der Waals surface area contributed by atoms with Gasteiger partial charge in [-0.2, -0.15) is 0 Å². The number of amides is 1. The molecule has 1 aromatic carbocycles. The van der Waals surface area contributed by atoms with E-state index in [1.165, 1.54) is 12.1 Å². The summed E-state index contributed by atoms with van der Waals surface area (Å²) in [7, 11) is 0. The standard InChI is InChI=1S/C13H16FN3O/c1-7(15)6-16-13(18)12-8(2)17-11-4-3-9(14)5-10(11)12/h3-5,7,17H,6,15H2,1-2H3,(H,16,18). The molecule has 2 rings (SSSR count). The lowest BCUT2D eigenvalue weighted by Gasteiger charge is -2.07. The van der Waals surface area contributed by atoms with Crippen LogP contribution in [0.15, 0.2) is 18.2 Å². The second kappa shape index (κ2) is 4.78. The summed E-state index contributed by atoms with van der Waals surface area (Å²) in [5, 5.41) is 3.32. The summed E-state index contributed by atoms with van der Waals surface area (Å²) in [6.07, 6.45) is 0. The Morgan fingerprint density at radius 3 is 2.94 bits per heavy atom. The van der Waals surface area contributed by atoms with E-state index in [2.05, 4.69) is 10.3 Å². The number of rotatable bonds is 3. The fourth-order valence-electron chi connectivity index (χ4n) is 1.93. The van der Waals surface area contributed by atoms with Crippen LogP contribution in [0.2, 0.25) is 0 Å². The van der Waals surface area contributed by atoms with Gasteiger partial charge in [-0.3, -0.25) is 4.79 Å². The number of nitrogens with one attached hydrogen (secondary N) is 2. The Morgan fingerprint density at radius 1 is 1.56 bits per heavy atom. The summed E-state index contributed by atoms with van der Waals surface area (Å²) in [6, 6.07) is 4.23. The molecule has 0 aliphatic heterocycles. The predicted molar refractivity (Wildman–Crippen MR) is 69.0 cm³/mol. The van der Waals surface area contributed by atoms with Gasteiger partial charge in [-0.1, -0.05) is 0 Å². The molecule has 0 radical (unpaired) electrons. The quantitative estimate of drug-likeness (QED) is 0.774. The number of aromatic nitrogens is 1. The summed E-state index contributed by atoms with van der Waals surface area (Å²) in [6.45, 7) is 3.99. The molecule has 18 heavy (non-hydrogen) atoms. The maximum atomic E-state index is 13.2. The Balaban J connectivity index is 2.40. The number of carbonyl (C=O) groups excluding carboxylic acids is 1. The molecule has 5 heteroatoms. The van der Waals surface area contributed by atoms with Crippen molar-refractivity contribution < 1.29 is 9.18 Å². The number of H-pyrrole nitrogens is 1. The van der Waals surface area contributed by atoms with Gasteiger partial charge in [-0.05, 0) is 32.0 Å². The Bertz CT molecular complexity index is 589. The van der Waals surface area contributed by atoms with E-state index in [1.54, 1.807) is 13.0 Å². The highest BCUT2D eigenvalue weighted by atomic mass is 19.1. The van der Waals surface area contributed by atoms with Crippen LogP contribution in [0.4, 0.5) is 4.39 Å². The van der Waals surface area contributed by atoms with Crippen LogP contribution in [0.5, 0.6) is 0 Å². The van der Waals surface area contributed by atoms with Crippen molar-refractivity contribution in [3.63, 3.8) is 0 Å². The predicted octanol–water partition coefficient (Wildman–Crippen LogP) is 1.69. The zero-order chi connectivity index (χ0) is 13.3. The second-order valence-corrected chi connectivity index (χ2v) is 4.50. The SMILES string of the molecule is Cc1[nH]c2ccc(F)cc2c1C(=O)NCC(C)N. The van der Waals surface area contributed by atoms with Crippen LogP contribution >= 0.6 is 0 Å². The minimum atomic E-state index is -0.359. The lowest BCUT2D eigenvalue weighted by atomic mass is 10.1. The van der Waals surface area contributed by atoms with Gasteiger partial charge in [0.05, 0.1) is 5.56 Å². The highest BCUT2D eigenvalue weighted by Crippen LogP contribution is 2.22. The van der Waals surface area contributed by atoms with Crippen LogP contribution in [0.25, 0.3) is 10.9 Å². The first-order valence-corrected chi connectivity index (χ1v) is 5.80. The van der Waals surface area contributed by atoms with E-state index in [4.69, 9.17) is 5.73 Å². The molecule has 1 amide bonds. The molecule has 4 N–H and O–H groups in total. The van der Waals surface area contributed by atoms with Crippen molar-refractivity contribution in [2.24, 2.45) is 5.73 Å². The molecule has 0 saturated carbocycles. The summed E-state index contributed by atoms with van der Waals surface area (Å²) in [5.74, 6) is -0.593. The molecule has 0 aliphatic rings. The van der Waals surface area contributed by atoms with Crippen LogP contribution < -0.4 is 11.1 Å².